The highest BCUT2D eigenvalue weighted by Gasteiger charge is 2.50. The van der Waals surface area contributed by atoms with E-state index in [1.54, 1.807) is 6.92 Å². The van der Waals surface area contributed by atoms with Crippen LogP contribution in [-0.4, -0.2) is 44.8 Å². The lowest BCUT2D eigenvalue weighted by atomic mass is 9.61. The molecule has 0 aromatic carbocycles. The Morgan fingerprint density at radius 1 is 1.26 bits per heavy atom. The van der Waals surface area contributed by atoms with E-state index in [-0.39, 0.29) is 12.0 Å². The minimum Gasteiger partial charge on any atom is -0.393 e. The molecule has 0 bridgehead atoms. The van der Waals surface area contributed by atoms with Gasteiger partial charge in [0.15, 0.2) is 0 Å². The van der Waals surface area contributed by atoms with Crippen molar-refractivity contribution in [2.45, 2.75) is 89.9 Å². The molecule has 7 atom stereocenters. The number of aliphatic hydroxyl groups excluding tert-OH is 3. The first-order valence-corrected chi connectivity index (χ1v) is 12.0. The fourth-order valence-corrected chi connectivity index (χ4v) is 6.34. The second kappa shape index (κ2) is 9.74. The number of allylic oxidation sites excluding steroid dienone is 4. The molecular formula is C27H42O4. The van der Waals surface area contributed by atoms with Gasteiger partial charge in [-0.3, -0.25) is 0 Å². The van der Waals surface area contributed by atoms with Gasteiger partial charge in [-0.1, -0.05) is 50.3 Å². The van der Waals surface area contributed by atoms with Gasteiger partial charge in [-0.05, 0) is 86.2 Å². The van der Waals surface area contributed by atoms with Crippen LogP contribution in [0.25, 0.3) is 0 Å². The maximum absolute atomic E-state index is 10.1. The third-order valence-electron chi connectivity index (χ3n) is 8.27. The molecule has 0 aliphatic heterocycles. The molecule has 3 aliphatic rings. The van der Waals surface area contributed by atoms with E-state index in [1.807, 2.05) is 6.08 Å². The molecule has 0 aromatic rings. The predicted molar refractivity (Wildman–Crippen MR) is 125 cm³/mol. The molecule has 4 N–H and O–H groups in total. The normalized spacial score (nSPS) is 39.8. The summed E-state index contributed by atoms with van der Waals surface area (Å²) in [5.41, 5.74) is 2.46. The maximum atomic E-state index is 10.1. The zero-order valence-corrected chi connectivity index (χ0v) is 19.6. The fraction of sp³-hybridized carbons (Fsp3) is 0.704. The van der Waals surface area contributed by atoms with Crippen LogP contribution in [0, 0.1) is 23.2 Å². The fourth-order valence-electron chi connectivity index (χ4n) is 6.34. The zero-order chi connectivity index (χ0) is 22.8. The third kappa shape index (κ3) is 5.42. The Morgan fingerprint density at radius 2 is 2.00 bits per heavy atom. The van der Waals surface area contributed by atoms with Crippen molar-refractivity contribution in [2.75, 3.05) is 6.61 Å². The highest BCUT2D eigenvalue weighted by Crippen LogP contribution is 2.59. The molecule has 0 aromatic heterocycles. The predicted octanol–water partition coefficient (Wildman–Crippen LogP) is 4.45. The molecule has 31 heavy (non-hydrogen) atoms. The molecule has 4 nitrogen and oxygen atoms in total. The highest BCUT2D eigenvalue weighted by atomic mass is 16.3. The smallest absolute Gasteiger partial charge is 0.0883 e. The van der Waals surface area contributed by atoms with Gasteiger partial charge in [-0.15, -0.1) is 0 Å². The molecule has 0 heterocycles. The lowest BCUT2D eigenvalue weighted by molar-refractivity contribution is 0.00435. The molecule has 4 heteroatoms. The van der Waals surface area contributed by atoms with E-state index in [4.69, 9.17) is 0 Å². The van der Waals surface area contributed by atoms with Gasteiger partial charge in [0.1, 0.15) is 0 Å². The van der Waals surface area contributed by atoms with E-state index >= 15 is 0 Å². The number of fused-ring (bicyclic) bond motifs is 1. The van der Waals surface area contributed by atoms with Gasteiger partial charge in [-0.25, -0.2) is 0 Å². The van der Waals surface area contributed by atoms with Gasteiger partial charge < -0.3 is 20.4 Å². The zero-order valence-electron chi connectivity index (χ0n) is 19.6. The first-order chi connectivity index (χ1) is 14.6. The van der Waals surface area contributed by atoms with E-state index in [2.05, 4.69) is 38.7 Å². The summed E-state index contributed by atoms with van der Waals surface area (Å²) >= 11 is 0. The van der Waals surface area contributed by atoms with Crippen LogP contribution in [0.1, 0.15) is 72.1 Å². The van der Waals surface area contributed by atoms with E-state index in [0.717, 1.165) is 17.6 Å². The maximum Gasteiger partial charge on any atom is 0.0883 e. The van der Waals surface area contributed by atoms with Gasteiger partial charge in [0.25, 0.3) is 0 Å². The van der Waals surface area contributed by atoms with Crippen molar-refractivity contribution in [1.82, 2.24) is 0 Å². The van der Waals surface area contributed by atoms with Gasteiger partial charge >= 0.3 is 0 Å². The van der Waals surface area contributed by atoms with Gasteiger partial charge in [0.05, 0.1) is 24.4 Å². The van der Waals surface area contributed by atoms with Crippen LogP contribution in [0.15, 0.2) is 47.6 Å². The summed E-state index contributed by atoms with van der Waals surface area (Å²) in [5, 5.41) is 39.5. The average molecular weight is 431 g/mol. The van der Waals surface area contributed by atoms with Crippen LogP contribution < -0.4 is 0 Å². The summed E-state index contributed by atoms with van der Waals surface area (Å²) < 4.78 is 0. The lowest BCUT2D eigenvalue weighted by Gasteiger charge is -2.44. The summed E-state index contributed by atoms with van der Waals surface area (Å²) in [5.74, 6) is 1.62. The third-order valence-corrected chi connectivity index (χ3v) is 8.27. The molecule has 0 amide bonds. The minimum atomic E-state index is -1.04. The number of rotatable bonds is 6. The Balaban J connectivity index is 1.73. The summed E-state index contributed by atoms with van der Waals surface area (Å²) in [7, 11) is 0. The van der Waals surface area contributed by atoms with Crippen molar-refractivity contribution in [2.24, 2.45) is 23.2 Å². The number of hydrogen-bond donors (Lipinski definition) is 4. The first-order valence-electron chi connectivity index (χ1n) is 12.0. The highest BCUT2D eigenvalue weighted by molar-refractivity contribution is 5.38. The van der Waals surface area contributed by atoms with Crippen LogP contribution in [-0.2, 0) is 0 Å². The molecule has 0 spiro atoms. The Kier molecular flexibility index (Phi) is 7.68. The van der Waals surface area contributed by atoms with Crippen molar-refractivity contribution >= 4 is 0 Å². The van der Waals surface area contributed by atoms with Crippen molar-refractivity contribution in [3.8, 4) is 0 Å². The van der Waals surface area contributed by atoms with Crippen molar-refractivity contribution in [1.29, 1.82) is 0 Å². The molecule has 3 rings (SSSR count). The van der Waals surface area contributed by atoms with Gasteiger partial charge in [0.2, 0.25) is 0 Å². The van der Waals surface area contributed by atoms with Crippen LogP contribution in [0.4, 0.5) is 0 Å². The molecule has 174 valence electrons. The van der Waals surface area contributed by atoms with Gasteiger partial charge in [-0.2, -0.15) is 0 Å². The van der Waals surface area contributed by atoms with E-state index in [0.29, 0.717) is 37.0 Å². The SMILES string of the molecule is C=C1/C(=C\C=C2/CCC[C@]3(C)[C@@H]([C@H](C)/C=C\C[C@@](C)(O)CO)CC[C@@H]23)C[C@@H](O)C[C@@H]1O. The Bertz CT molecular complexity index is 746. The molecule has 0 unspecified atom stereocenters. The van der Waals surface area contributed by atoms with E-state index < -0.39 is 17.8 Å². The molecule has 3 saturated carbocycles. The quantitative estimate of drug-likeness (QED) is 0.469. The summed E-state index contributed by atoms with van der Waals surface area (Å²) in [6.45, 7) is 10.2. The van der Waals surface area contributed by atoms with Crippen molar-refractivity contribution < 1.29 is 20.4 Å². The summed E-state index contributed by atoms with van der Waals surface area (Å²) in [6, 6.07) is 0. The van der Waals surface area contributed by atoms with Gasteiger partial charge in [0, 0.05) is 6.42 Å². The monoisotopic (exact) mass is 430 g/mol. The van der Waals surface area contributed by atoms with E-state index in [9.17, 15) is 20.4 Å². The van der Waals surface area contributed by atoms with Crippen molar-refractivity contribution in [3.05, 3.63) is 47.6 Å². The second-order valence-corrected chi connectivity index (χ2v) is 10.8. The summed E-state index contributed by atoms with van der Waals surface area (Å²) in [4.78, 5) is 0. The average Bonchev–Trinajstić information content (AvgIpc) is 3.07. The standard InChI is InChI=1S/C27H42O4/c1-18(7-5-13-26(3,31)17-28)23-11-12-24-20(8-6-14-27(23,24)4)9-10-21-15-22(29)16-25(30)19(21)2/h5,7,9-10,18,22-25,28-31H,2,6,8,11-17H2,1,3-4H3/b7-5-,20-9+,21-10-/t18-,22-,23-,24+,25+,26-,27-/m1/s1. The van der Waals surface area contributed by atoms with Crippen LogP contribution >= 0.6 is 0 Å². The molecule has 0 saturated heterocycles. The molecule has 0 radical (unpaired) electrons. The Morgan fingerprint density at radius 3 is 2.71 bits per heavy atom. The first kappa shape index (κ1) is 24.4. The number of hydrogen-bond acceptors (Lipinski definition) is 4. The molecular weight excluding hydrogens is 388 g/mol. The minimum absolute atomic E-state index is 0.223. The van der Waals surface area contributed by atoms with Crippen LogP contribution in [0.3, 0.4) is 0 Å². The molecule has 3 aliphatic carbocycles. The topological polar surface area (TPSA) is 80.9 Å². The van der Waals surface area contributed by atoms with Crippen molar-refractivity contribution in [3.63, 3.8) is 0 Å². The summed E-state index contributed by atoms with van der Waals surface area (Å²) in [6.07, 6.45) is 14.9. The largest absolute Gasteiger partial charge is 0.393 e. The molecule has 3 fully saturated rings. The Hall–Kier alpha value is -1.20. The lowest BCUT2D eigenvalue weighted by Crippen LogP contribution is -2.35. The second-order valence-electron chi connectivity index (χ2n) is 10.8. The van der Waals surface area contributed by atoms with E-state index in [1.165, 1.54) is 31.3 Å². The van der Waals surface area contributed by atoms with Crippen LogP contribution in [0.2, 0.25) is 0 Å². The Labute approximate surface area is 188 Å². The number of aliphatic hydroxyl groups is 4. The van der Waals surface area contributed by atoms with Crippen LogP contribution in [0.5, 0.6) is 0 Å².